The Hall–Kier alpha value is -0.720. The Kier molecular flexibility index (Phi) is 4.07. The fourth-order valence-electron chi connectivity index (χ4n) is 1.01. The molecule has 0 saturated heterocycles. The number of rotatable bonds is 5. The van der Waals surface area contributed by atoms with E-state index in [1.165, 1.54) is 11.3 Å². The van der Waals surface area contributed by atoms with Crippen molar-refractivity contribution < 1.29 is 0 Å². The lowest BCUT2D eigenvalue weighted by Crippen LogP contribution is -2.21. The molecule has 74 valence electrons. The molecule has 0 aliphatic heterocycles. The van der Waals surface area contributed by atoms with Crippen molar-refractivity contribution in [3.8, 4) is 0 Å². The summed E-state index contributed by atoms with van der Waals surface area (Å²) in [6.07, 6.45) is 0. The van der Waals surface area contributed by atoms with Gasteiger partial charge in [-0.25, -0.2) is 5.84 Å². The van der Waals surface area contributed by atoms with Crippen molar-refractivity contribution in [2.75, 3.05) is 18.5 Å². The van der Waals surface area contributed by atoms with Gasteiger partial charge in [0.1, 0.15) is 5.01 Å². The average Bonchev–Trinajstić information content (AvgIpc) is 2.61. The molecule has 5 nitrogen and oxygen atoms in total. The number of nitrogen functional groups attached to an aromatic ring is 1. The van der Waals surface area contributed by atoms with Gasteiger partial charge in [-0.05, 0) is 13.1 Å². The molecule has 3 N–H and O–H groups in total. The van der Waals surface area contributed by atoms with E-state index in [-0.39, 0.29) is 0 Å². The molecule has 6 heteroatoms. The summed E-state index contributed by atoms with van der Waals surface area (Å²) >= 11 is 1.49. The first-order valence-corrected chi connectivity index (χ1v) is 5.13. The van der Waals surface area contributed by atoms with Crippen molar-refractivity contribution in [1.82, 2.24) is 15.1 Å². The van der Waals surface area contributed by atoms with Crippen LogP contribution in [0.5, 0.6) is 0 Å². The molecule has 0 aromatic carbocycles. The molecule has 0 radical (unpaired) electrons. The van der Waals surface area contributed by atoms with Gasteiger partial charge in [-0.15, -0.1) is 10.2 Å². The summed E-state index contributed by atoms with van der Waals surface area (Å²) in [4.78, 5) is 2.28. The summed E-state index contributed by atoms with van der Waals surface area (Å²) in [5, 5.41) is 9.53. The van der Waals surface area contributed by atoms with Crippen LogP contribution >= 0.6 is 11.3 Å². The molecule has 1 heterocycles. The van der Waals surface area contributed by atoms with Crippen molar-refractivity contribution in [1.29, 1.82) is 0 Å². The molecule has 0 fully saturated rings. The summed E-state index contributed by atoms with van der Waals surface area (Å²) in [7, 11) is 0. The average molecular weight is 201 g/mol. The van der Waals surface area contributed by atoms with Gasteiger partial charge in [0.05, 0.1) is 6.54 Å². The van der Waals surface area contributed by atoms with Gasteiger partial charge < -0.3 is 0 Å². The maximum absolute atomic E-state index is 5.20. The van der Waals surface area contributed by atoms with Crippen LogP contribution in [-0.4, -0.2) is 28.2 Å². The molecule has 0 amide bonds. The van der Waals surface area contributed by atoms with Crippen LogP contribution in [0.4, 0.5) is 5.13 Å². The number of nitrogens with two attached hydrogens (primary N) is 1. The Balaban J connectivity index is 2.52. The normalized spacial score (nSPS) is 10.8. The summed E-state index contributed by atoms with van der Waals surface area (Å²) in [6, 6.07) is 0. The Labute approximate surface area is 81.9 Å². The van der Waals surface area contributed by atoms with E-state index in [4.69, 9.17) is 5.84 Å². The summed E-state index contributed by atoms with van der Waals surface area (Å²) in [5.74, 6) is 5.20. The monoisotopic (exact) mass is 201 g/mol. The van der Waals surface area contributed by atoms with Crippen LogP contribution in [0.1, 0.15) is 18.9 Å². The number of hydrazine groups is 1. The van der Waals surface area contributed by atoms with Gasteiger partial charge in [-0.3, -0.25) is 10.3 Å². The van der Waals surface area contributed by atoms with Gasteiger partial charge in [0, 0.05) is 0 Å². The molecular formula is C7H15N5S. The van der Waals surface area contributed by atoms with Crippen LogP contribution in [0.25, 0.3) is 0 Å². The first-order valence-electron chi connectivity index (χ1n) is 4.31. The molecular weight excluding hydrogens is 186 g/mol. The molecule has 1 aromatic heterocycles. The van der Waals surface area contributed by atoms with Crippen LogP contribution in [0, 0.1) is 0 Å². The number of aromatic nitrogens is 2. The molecule has 1 aromatic rings. The molecule has 0 saturated carbocycles. The Bertz CT molecular complexity index is 245. The smallest absolute Gasteiger partial charge is 0.219 e. The zero-order chi connectivity index (χ0) is 9.68. The maximum atomic E-state index is 5.20. The molecule has 0 aliphatic carbocycles. The fraction of sp³-hybridized carbons (Fsp3) is 0.714. The van der Waals surface area contributed by atoms with Crippen molar-refractivity contribution >= 4 is 16.5 Å². The zero-order valence-corrected chi connectivity index (χ0v) is 8.77. The minimum absolute atomic E-state index is 0.669. The Morgan fingerprint density at radius 3 is 2.54 bits per heavy atom. The highest BCUT2D eigenvalue weighted by atomic mass is 32.1. The van der Waals surface area contributed by atoms with Gasteiger partial charge in [-0.2, -0.15) is 0 Å². The lowest BCUT2D eigenvalue weighted by Gasteiger charge is -2.15. The minimum Gasteiger partial charge on any atom is -0.298 e. The molecule has 0 spiro atoms. The lowest BCUT2D eigenvalue weighted by atomic mass is 10.5. The van der Waals surface area contributed by atoms with Crippen LogP contribution < -0.4 is 11.3 Å². The van der Waals surface area contributed by atoms with Gasteiger partial charge >= 0.3 is 0 Å². The third kappa shape index (κ3) is 2.91. The highest BCUT2D eigenvalue weighted by Gasteiger charge is 2.06. The van der Waals surface area contributed by atoms with E-state index in [0.29, 0.717) is 5.13 Å². The van der Waals surface area contributed by atoms with E-state index in [1.807, 2.05) is 0 Å². The number of hydrogen-bond donors (Lipinski definition) is 2. The summed E-state index contributed by atoms with van der Waals surface area (Å²) in [6.45, 7) is 7.18. The highest BCUT2D eigenvalue weighted by Crippen LogP contribution is 2.15. The second kappa shape index (κ2) is 5.11. The van der Waals surface area contributed by atoms with Gasteiger partial charge in [0.25, 0.3) is 0 Å². The number of hydrogen-bond acceptors (Lipinski definition) is 6. The Morgan fingerprint density at radius 1 is 1.38 bits per heavy atom. The van der Waals surface area contributed by atoms with Gasteiger partial charge in [0.15, 0.2) is 0 Å². The molecule has 0 unspecified atom stereocenters. The Morgan fingerprint density at radius 2 is 2.08 bits per heavy atom. The van der Waals surface area contributed by atoms with Crippen LogP contribution in [-0.2, 0) is 6.54 Å². The van der Waals surface area contributed by atoms with E-state index in [9.17, 15) is 0 Å². The molecule has 1 rings (SSSR count). The third-order valence-corrected chi connectivity index (χ3v) is 2.68. The van der Waals surface area contributed by atoms with E-state index in [1.54, 1.807) is 0 Å². The van der Waals surface area contributed by atoms with Gasteiger partial charge in [-0.1, -0.05) is 25.2 Å². The topological polar surface area (TPSA) is 67.1 Å². The first-order chi connectivity index (χ1) is 6.30. The molecule has 13 heavy (non-hydrogen) atoms. The van der Waals surface area contributed by atoms with Gasteiger partial charge in [0.2, 0.25) is 5.13 Å². The SMILES string of the molecule is CCN(CC)Cc1nnc(NN)s1. The number of anilines is 1. The minimum atomic E-state index is 0.669. The second-order valence-electron chi connectivity index (χ2n) is 2.61. The highest BCUT2D eigenvalue weighted by molar-refractivity contribution is 7.15. The first kappa shape index (κ1) is 10.4. The second-order valence-corrected chi connectivity index (χ2v) is 3.67. The van der Waals surface area contributed by atoms with Crippen LogP contribution in [0.2, 0.25) is 0 Å². The van der Waals surface area contributed by atoms with E-state index in [2.05, 4.69) is 34.4 Å². The van der Waals surface area contributed by atoms with Crippen LogP contribution in [0.3, 0.4) is 0 Å². The molecule has 0 atom stereocenters. The summed E-state index contributed by atoms with van der Waals surface area (Å²) < 4.78 is 0. The molecule has 0 bridgehead atoms. The van der Waals surface area contributed by atoms with Crippen LogP contribution in [0.15, 0.2) is 0 Å². The van der Waals surface area contributed by atoms with E-state index in [0.717, 1.165) is 24.6 Å². The third-order valence-electron chi connectivity index (χ3n) is 1.84. The predicted octanol–water partition coefficient (Wildman–Crippen LogP) is 0.665. The number of nitrogens with zero attached hydrogens (tertiary/aromatic N) is 3. The van der Waals surface area contributed by atoms with E-state index < -0.39 is 0 Å². The predicted molar refractivity (Wildman–Crippen MR) is 54.3 cm³/mol. The van der Waals surface area contributed by atoms with E-state index >= 15 is 0 Å². The van der Waals surface area contributed by atoms with Crippen molar-refractivity contribution in [3.05, 3.63) is 5.01 Å². The largest absolute Gasteiger partial charge is 0.298 e. The van der Waals surface area contributed by atoms with Crippen molar-refractivity contribution in [2.24, 2.45) is 5.84 Å². The lowest BCUT2D eigenvalue weighted by molar-refractivity contribution is 0.294. The fourth-order valence-corrected chi connectivity index (χ4v) is 1.71. The van der Waals surface area contributed by atoms with Crippen molar-refractivity contribution in [3.63, 3.8) is 0 Å². The molecule has 0 aliphatic rings. The summed E-state index contributed by atoms with van der Waals surface area (Å²) in [5.41, 5.74) is 2.48. The van der Waals surface area contributed by atoms with Crippen molar-refractivity contribution in [2.45, 2.75) is 20.4 Å². The standard InChI is InChI=1S/C7H15N5S/c1-3-12(4-2)5-6-10-11-7(9-8)13-6/h3-5,8H2,1-2H3,(H,9,11). The quantitative estimate of drug-likeness (QED) is 0.541. The number of nitrogens with one attached hydrogen (secondary N) is 1. The zero-order valence-electron chi connectivity index (χ0n) is 7.95. The maximum Gasteiger partial charge on any atom is 0.219 e.